The molecule has 0 saturated carbocycles. The molecule has 0 unspecified atom stereocenters. The molecule has 1 aromatic rings. The molecule has 4 nitrogen and oxygen atoms in total. The molecule has 0 aliphatic rings. The van der Waals surface area contributed by atoms with E-state index in [2.05, 4.69) is 4.98 Å². The lowest BCUT2D eigenvalue weighted by Gasteiger charge is -2.04. The number of pyridine rings is 1. The van der Waals surface area contributed by atoms with Crippen molar-refractivity contribution < 1.29 is 14.3 Å². The van der Waals surface area contributed by atoms with E-state index in [1.165, 1.54) is 12.3 Å². The zero-order valence-corrected chi connectivity index (χ0v) is 9.16. The van der Waals surface area contributed by atoms with Gasteiger partial charge in [-0.15, -0.1) is 0 Å². The summed E-state index contributed by atoms with van der Waals surface area (Å²) in [6, 6.07) is 3.01. The lowest BCUT2D eigenvalue weighted by Crippen LogP contribution is -2.10. The summed E-state index contributed by atoms with van der Waals surface area (Å²) in [4.78, 5) is 15.2. The normalized spacial score (nSPS) is 10.0. The van der Waals surface area contributed by atoms with Gasteiger partial charge in [-0.3, -0.25) is 0 Å². The van der Waals surface area contributed by atoms with Gasteiger partial charge in [0.25, 0.3) is 0 Å². The van der Waals surface area contributed by atoms with E-state index in [4.69, 9.17) is 21.1 Å². The van der Waals surface area contributed by atoms with E-state index < -0.39 is 5.97 Å². The number of carbonyl (C=O) groups excluding carboxylic acids is 1. The average molecular weight is 230 g/mol. The molecular weight excluding hydrogens is 218 g/mol. The number of halogens is 1. The fourth-order valence-electron chi connectivity index (χ4n) is 0.950. The van der Waals surface area contributed by atoms with Gasteiger partial charge in [0.2, 0.25) is 0 Å². The lowest BCUT2D eigenvalue weighted by molar-refractivity contribution is 0.0335. The molecule has 0 aliphatic heterocycles. The second-order valence-electron chi connectivity index (χ2n) is 2.70. The summed E-state index contributed by atoms with van der Waals surface area (Å²) in [5.41, 5.74) is 0.395. The van der Waals surface area contributed by atoms with Gasteiger partial charge < -0.3 is 9.47 Å². The van der Waals surface area contributed by atoms with E-state index in [-0.39, 0.29) is 11.8 Å². The third-order valence-corrected chi connectivity index (χ3v) is 1.83. The highest BCUT2D eigenvalue weighted by molar-refractivity contribution is 6.29. The van der Waals surface area contributed by atoms with Gasteiger partial charge in [0, 0.05) is 12.8 Å². The molecule has 1 heterocycles. The van der Waals surface area contributed by atoms with Crippen molar-refractivity contribution in [3.63, 3.8) is 0 Å². The molecule has 15 heavy (non-hydrogen) atoms. The number of esters is 1. The molecule has 0 radical (unpaired) electrons. The summed E-state index contributed by atoms with van der Waals surface area (Å²) in [6.45, 7) is 3.14. The minimum atomic E-state index is -0.418. The van der Waals surface area contributed by atoms with Crippen molar-refractivity contribution in [2.24, 2.45) is 0 Å². The number of hydrogen-bond donors (Lipinski definition) is 0. The van der Waals surface area contributed by atoms with Gasteiger partial charge in [0.05, 0.1) is 12.2 Å². The molecule has 0 N–H and O–H groups in total. The summed E-state index contributed by atoms with van der Waals surface area (Å²) in [5, 5.41) is 0.272. The molecule has 0 atom stereocenters. The second-order valence-corrected chi connectivity index (χ2v) is 3.09. The molecule has 0 aromatic carbocycles. The molecule has 1 rings (SSSR count). The molecular formula is C10H12ClNO3. The van der Waals surface area contributed by atoms with Crippen LogP contribution in [0.3, 0.4) is 0 Å². The molecule has 0 saturated heterocycles. The minimum absolute atomic E-state index is 0.243. The molecule has 0 bridgehead atoms. The van der Waals surface area contributed by atoms with Crippen LogP contribution in [-0.4, -0.2) is 30.8 Å². The highest BCUT2D eigenvalue weighted by Crippen LogP contribution is 2.07. The van der Waals surface area contributed by atoms with Crippen LogP contribution in [0.4, 0.5) is 0 Å². The smallest absolute Gasteiger partial charge is 0.338 e. The summed E-state index contributed by atoms with van der Waals surface area (Å²) >= 11 is 5.63. The van der Waals surface area contributed by atoms with Crippen LogP contribution in [0.2, 0.25) is 5.15 Å². The van der Waals surface area contributed by atoms with Gasteiger partial charge in [-0.05, 0) is 19.1 Å². The number of ether oxygens (including phenoxy) is 2. The minimum Gasteiger partial charge on any atom is -0.460 e. The molecule has 0 spiro atoms. The summed E-state index contributed by atoms with van der Waals surface area (Å²) in [7, 11) is 0. The largest absolute Gasteiger partial charge is 0.460 e. The maximum atomic E-state index is 11.4. The van der Waals surface area contributed by atoms with Crippen LogP contribution in [0, 0.1) is 0 Å². The van der Waals surface area contributed by atoms with E-state index >= 15 is 0 Å². The second kappa shape index (κ2) is 6.37. The topological polar surface area (TPSA) is 48.4 Å². The Balaban J connectivity index is 2.40. The number of carbonyl (C=O) groups is 1. The van der Waals surface area contributed by atoms with Crippen LogP contribution in [0.15, 0.2) is 18.3 Å². The Hall–Kier alpha value is -1.13. The van der Waals surface area contributed by atoms with Crippen molar-refractivity contribution in [3.05, 3.63) is 29.0 Å². The Morgan fingerprint density at radius 1 is 1.53 bits per heavy atom. The predicted octanol–water partition coefficient (Wildman–Crippen LogP) is 1.93. The zero-order valence-electron chi connectivity index (χ0n) is 8.40. The van der Waals surface area contributed by atoms with Gasteiger partial charge in [-0.2, -0.15) is 0 Å². The van der Waals surface area contributed by atoms with E-state index in [0.29, 0.717) is 18.8 Å². The van der Waals surface area contributed by atoms with Crippen molar-refractivity contribution in [1.29, 1.82) is 0 Å². The molecule has 1 aromatic heterocycles. The maximum absolute atomic E-state index is 11.4. The summed E-state index contributed by atoms with van der Waals surface area (Å²) < 4.78 is 9.96. The van der Waals surface area contributed by atoms with E-state index in [9.17, 15) is 4.79 Å². The molecule has 82 valence electrons. The first-order valence-corrected chi connectivity index (χ1v) is 4.98. The Kier molecular flexibility index (Phi) is 5.07. The Morgan fingerprint density at radius 2 is 2.33 bits per heavy atom. The van der Waals surface area contributed by atoms with E-state index in [0.717, 1.165) is 0 Å². The van der Waals surface area contributed by atoms with Crippen molar-refractivity contribution in [1.82, 2.24) is 4.98 Å². The van der Waals surface area contributed by atoms with Crippen molar-refractivity contribution >= 4 is 17.6 Å². The highest BCUT2D eigenvalue weighted by atomic mass is 35.5. The standard InChI is InChI=1S/C10H12ClNO3/c1-2-14-5-6-15-10(13)8-3-4-12-9(11)7-8/h3-4,7H,2,5-6H2,1H3. The SMILES string of the molecule is CCOCCOC(=O)c1ccnc(Cl)c1. The quantitative estimate of drug-likeness (QED) is 0.440. The molecule has 0 amide bonds. The van der Waals surface area contributed by atoms with Crippen LogP contribution in [0.1, 0.15) is 17.3 Å². The maximum Gasteiger partial charge on any atom is 0.338 e. The van der Waals surface area contributed by atoms with Gasteiger partial charge >= 0.3 is 5.97 Å². The average Bonchev–Trinajstić information content (AvgIpc) is 2.24. The Labute approximate surface area is 93.2 Å². The van der Waals surface area contributed by atoms with E-state index in [1.54, 1.807) is 6.07 Å². The monoisotopic (exact) mass is 229 g/mol. The number of nitrogens with zero attached hydrogens (tertiary/aromatic N) is 1. The first-order chi connectivity index (χ1) is 7.24. The number of rotatable bonds is 5. The third-order valence-electron chi connectivity index (χ3n) is 1.63. The van der Waals surface area contributed by atoms with Crippen molar-refractivity contribution in [2.45, 2.75) is 6.92 Å². The first-order valence-electron chi connectivity index (χ1n) is 4.60. The number of aromatic nitrogens is 1. The third kappa shape index (κ3) is 4.27. The lowest BCUT2D eigenvalue weighted by atomic mass is 10.3. The number of hydrogen-bond acceptors (Lipinski definition) is 4. The van der Waals surface area contributed by atoms with Gasteiger partial charge in [-0.25, -0.2) is 9.78 Å². The van der Waals surface area contributed by atoms with Crippen LogP contribution in [0.25, 0.3) is 0 Å². The molecule has 0 fully saturated rings. The zero-order chi connectivity index (χ0) is 11.1. The predicted molar refractivity (Wildman–Crippen MR) is 56.0 cm³/mol. The fraction of sp³-hybridized carbons (Fsp3) is 0.400. The van der Waals surface area contributed by atoms with Crippen molar-refractivity contribution in [3.8, 4) is 0 Å². The summed E-state index contributed by atoms with van der Waals surface area (Å²) in [6.07, 6.45) is 1.46. The van der Waals surface area contributed by atoms with Crippen LogP contribution < -0.4 is 0 Å². The fourth-order valence-corrected chi connectivity index (χ4v) is 1.12. The Bertz CT molecular complexity index is 330. The van der Waals surface area contributed by atoms with Crippen LogP contribution in [-0.2, 0) is 9.47 Å². The molecule has 0 aliphatic carbocycles. The van der Waals surface area contributed by atoms with E-state index in [1.807, 2.05) is 6.92 Å². The van der Waals surface area contributed by atoms with Crippen LogP contribution in [0.5, 0.6) is 0 Å². The summed E-state index contributed by atoms with van der Waals surface area (Å²) in [5.74, 6) is -0.418. The first kappa shape index (κ1) is 11.9. The Morgan fingerprint density at radius 3 is 3.00 bits per heavy atom. The van der Waals surface area contributed by atoms with Gasteiger partial charge in [0.1, 0.15) is 11.8 Å². The van der Waals surface area contributed by atoms with Gasteiger partial charge in [0.15, 0.2) is 0 Å². The highest BCUT2D eigenvalue weighted by Gasteiger charge is 2.07. The molecule has 5 heteroatoms. The van der Waals surface area contributed by atoms with Crippen LogP contribution >= 0.6 is 11.6 Å². The van der Waals surface area contributed by atoms with Crippen molar-refractivity contribution in [2.75, 3.05) is 19.8 Å². The van der Waals surface area contributed by atoms with Gasteiger partial charge in [-0.1, -0.05) is 11.6 Å².